The third-order valence-electron chi connectivity index (χ3n) is 3.37. The van der Waals surface area contributed by atoms with Crippen molar-refractivity contribution in [2.75, 3.05) is 6.54 Å². The zero-order valence-electron chi connectivity index (χ0n) is 9.66. The van der Waals surface area contributed by atoms with Gasteiger partial charge in [-0.2, -0.15) is 0 Å². The van der Waals surface area contributed by atoms with Gasteiger partial charge in [-0.3, -0.25) is 9.69 Å². The SMILES string of the molecule is CC1(C)C(=O)CCN1Cc1ccc(F)cc1. The Morgan fingerprint density at radius 2 is 1.94 bits per heavy atom. The van der Waals surface area contributed by atoms with Crippen LogP contribution in [0.15, 0.2) is 24.3 Å². The highest BCUT2D eigenvalue weighted by Crippen LogP contribution is 2.26. The fraction of sp³-hybridized carbons (Fsp3) is 0.462. The van der Waals surface area contributed by atoms with Crippen LogP contribution in [0.2, 0.25) is 0 Å². The average molecular weight is 221 g/mol. The minimum atomic E-state index is -0.381. The molecule has 1 aromatic rings. The second-order valence-electron chi connectivity index (χ2n) is 4.78. The van der Waals surface area contributed by atoms with Crippen LogP contribution in [-0.2, 0) is 11.3 Å². The van der Waals surface area contributed by atoms with E-state index in [1.54, 1.807) is 12.1 Å². The van der Waals surface area contributed by atoms with Crippen LogP contribution in [0.25, 0.3) is 0 Å². The lowest BCUT2D eigenvalue weighted by atomic mass is 10.00. The molecule has 0 aliphatic carbocycles. The Morgan fingerprint density at radius 3 is 2.44 bits per heavy atom. The molecule has 1 fully saturated rings. The van der Waals surface area contributed by atoms with Gasteiger partial charge < -0.3 is 0 Å². The molecule has 0 bridgehead atoms. The van der Waals surface area contributed by atoms with Crippen molar-refractivity contribution in [1.29, 1.82) is 0 Å². The van der Waals surface area contributed by atoms with Crippen molar-refractivity contribution in [2.24, 2.45) is 0 Å². The summed E-state index contributed by atoms with van der Waals surface area (Å²) in [5, 5.41) is 0. The van der Waals surface area contributed by atoms with Gasteiger partial charge in [0.2, 0.25) is 0 Å². The molecule has 2 rings (SSSR count). The second-order valence-corrected chi connectivity index (χ2v) is 4.78. The molecule has 3 heteroatoms. The van der Waals surface area contributed by atoms with Crippen molar-refractivity contribution in [3.63, 3.8) is 0 Å². The molecular formula is C13H16FNO. The molecule has 1 saturated heterocycles. The van der Waals surface area contributed by atoms with Crippen molar-refractivity contribution < 1.29 is 9.18 Å². The number of carbonyl (C=O) groups is 1. The normalized spacial score (nSPS) is 20.3. The summed E-state index contributed by atoms with van der Waals surface area (Å²) in [5.74, 6) is 0.0649. The largest absolute Gasteiger partial charge is 0.298 e. The molecule has 0 atom stereocenters. The number of hydrogen-bond acceptors (Lipinski definition) is 2. The van der Waals surface area contributed by atoms with Gasteiger partial charge in [0.15, 0.2) is 5.78 Å². The Labute approximate surface area is 95.1 Å². The number of nitrogens with zero attached hydrogens (tertiary/aromatic N) is 1. The van der Waals surface area contributed by atoms with Gasteiger partial charge in [0.1, 0.15) is 5.82 Å². The maximum atomic E-state index is 12.7. The number of benzene rings is 1. The van der Waals surface area contributed by atoms with Crippen LogP contribution in [0, 0.1) is 5.82 Å². The van der Waals surface area contributed by atoms with E-state index in [4.69, 9.17) is 0 Å². The summed E-state index contributed by atoms with van der Waals surface area (Å²) in [6.07, 6.45) is 0.619. The van der Waals surface area contributed by atoms with Crippen molar-refractivity contribution >= 4 is 5.78 Å². The van der Waals surface area contributed by atoms with E-state index in [1.807, 2.05) is 13.8 Å². The van der Waals surface area contributed by atoms with E-state index >= 15 is 0 Å². The summed E-state index contributed by atoms with van der Waals surface area (Å²) in [6.45, 7) is 5.40. The maximum Gasteiger partial charge on any atom is 0.153 e. The summed E-state index contributed by atoms with van der Waals surface area (Å²) >= 11 is 0. The molecule has 0 saturated carbocycles. The molecule has 0 radical (unpaired) electrons. The van der Waals surface area contributed by atoms with Gasteiger partial charge >= 0.3 is 0 Å². The minimum absolute atomic E-state index is 0.222. The maximum absolute atomic E-state index is 12.7. The highest BCUT2D eigenvalue weighted by molar-refractivity contribution is 5.89. The fourth-order valence-electron chi connectivity index (χ4n) is 2.09. The average Bonchev–Trinajstić information content (AvgIpc) is 2.48. The number of hydrogen-bond donors (Lipinski definition) is 0. The van der Waals surface area contributed by atoms with Crippen LogP contribution in [0.4, 0.5) is 4.39 Å². The summed E-state index contributed by atoms with van der Waals surface area (Å²) in [5.41, 5.74) is 0.665. The van der Waals surface area contributed by atoms with Gasteiger partial charge in [0.25, 0.3) is 0 Å². The van der Waals surface area contributed by atoms with E-state index in [0.717, 1.165) is 12.1 Å². The lowest BCUT2D eigenvalue weighted by molar-refractivity contribution is -0.123. The standard InChI is InChI=1S/C13H16FNO/c1-13(2)12(16)7-8-15(13)9-10-3-5-11(14)6-4-10/h3-6H,7-9H2,1-2H3. The Kier molecular flexibility index (Phi) is 2.80. The molecule has 1 aliphatic rings. The lowest BCUT2D eigenvalue weighted by Crippen LogP contribution is -2.42. The molecule has 16 heavy (non-hydrogen) atoms. The van der Waals surface area contributed by atoms with Crippen molar-refractivity contribution in [3.8, 4) is 0 Å². The van der Waals surface area contributed by atoms with Gasteiger partial charge in [-0.15, -0.1) is 0 Å². The molecule has 86 valence electrons. The third kappa shape index (κ3) is 2.00. The van der Waals surface area contributed by atoms with Crippen LogP contribution in [0.3, 0.4) is 0 Å². The van der Waals surface area contributed by atoms with Gasteiger partial charge in [-0.1, -0.05) is 12.1 Å². The van der Waals surface area contributed by atoms with Gasteiger partial charge in [-0.25, -0.2) is 4.39 Å². The molecule has 0 N–H and O–H groups in total. The van der Waals surface area contributed by atoms with E-state index in [9.17, 15) is 9.18 Å². The molecule has 0 unspecified atom stereocenters. The van der Waals surface area contributed by atoms with Crippen molar-refractivity contribution in [2.45, 2.75) is 32.4 Å². The minimum Gasteiger partial charge on any atom is -0.298 e. The number of ketones is 1. The predicted octanol–water partition coefficient (Wildman–Crippen LogP) is 2.38. The van der Waals surface area contributed by atoms with Crippen molar-refractivity contribution in [3.05, 3.63) is 35.6 Å². The van der Waals surface area contributed by atoms with Gasteiger partial charge in [0, 0.05) is 19.5 Å². The Bertz CT molecular complexity index is 397. The van der Waals surface area contributed by atoms with Crippen LogP contribution in [0.1, 0.15) is 25.8 Å². The van der Waals surface area contributed by atoms with E-state index in [2.05, 4.69) is 4.90 Å². The molecule has 2 nitrogen and oxygen atoms in total. The highest BCUT2D eigenvalue weighted by atomic mass is 19.1. The van der Waals surface area contributed by atoms with Crippen LogP contribution >= 0.6 is 0 Å². The first-order valence-electron chi connectivity index (χ1n) is 5.53. The van der Waals surface area contributed by atoms with Gasteiger partial charge in [-0.05, 0) is 31.5 Å². The number of likely N-dealkylation sites (tertiary alicyclic amines) is 1. The summed E-state index contributed by atoms with van der Waals surface area (Å²) in [7, 11) is 0. The Morgan fingerprint density at radius 1 is 1.31 bits per heavy atom. The quantitative estimate of drug-likeness (QED) is 0.764. The zero-order valence-corrected chi connectivity index (χ0v) is 9.66. The van der Waals surface area contributed by atoms with Crippen molar-refractivity contribution in [1.82, 2.24) is 4.90 Å². The first-order chi connectivity index (χ1) is 7.50. The summed E-state index contributed by atoms with van der Waals surface area (Å²) in [4.78, 5) is 13.8. The van der Waals surface area contributed by atoms with E-state index < -0.39 is 0 Å². The van der Waals surface area contributed by atoms with E-state index in [0.29, 0.717) is 13.0 Å². The molecular weight excluding hydrogens is 205 g/mol. The fourth-order valence-corrected chi connectivity index (χ4v) is 2.09. The number of carbonyl (C=O) groups excluding carboxylic acids is 1. The molecule has 0 spiro atoms. The Balaban J connectivity index is 2.11. The number of Topliss-reactive ketones (excluding diaryl/α,β-unsaturated/α-hetero) is 1. The summed E-state index contributed by atoms with van der Waals surface area (Å²) in [6, 6.07) is 6.46. The van der Waals surface area contributed by atoms with Crippen LogP contribution in [0.5, 0.6) is 0 Å². The van der Waals surface area contributed by atoms with Gasteiger partial charge in [0.05, 0.1) is 5.54 Å². The third-order valence-corrected chi connectivity index (χ3v) is 3.37. The first kappa shape index (κ1) is 11.3. The van der Waals surface area contributed by atoms with E-state index in [1.165, 1.54) is 12.1 Å². The Hall–Kier alpha value is -1.22. The number of rotatable bonds is 2. The number of halogens is 1. The smallest absolute Gasteiger partial charge is 0.153 e. The topological polar surface area (TPSA) is 20.3 Å². The molecule has 1 aliphatic heterocycles. The highest BCUT2D eigenvalue weighted by Gasteiger charge is 2.39. The predicted molar refractivity (Wildman–Crippen MR) is 60.5 cm³/mol. The second kappa shape index (κ2) is 3.98. The monoisotopic (exact) mass is 221 g/mol. The molecule has 1 heterocycles. The molecule has 0 amide bonds. The van der Waals surface area contributed by atoms with E-state index in [-0.39, 0.29) is 17.1 Å². The first-order valence-corrected chi connectivity index (χ1v) is 5.53. The van der Waals surface area contributed by atoms with Crippen LogP contribution < -0.4 is 0 Å². The van der Waals surface area contributed by atoms with Crippen LogP contribution in [-0.4, -0.2) is 22.8 Å². The summed E-state index contributed by atoms with van der Waals surface area (Å²) < 4.78 is 12.7. The molecule has 1 aromatic carbocycles. The molecule has 0 aromatic heterocycles. The zero-order chi connectivity index (χ0) is 11.8. The lowest BCUT2D eigenvalue weighted by Gasteiger charge is -2.29.